The number of hydrogen-bond donors (Lipinski definition) is 1. The maximum Gasteiger partial charge on any atom is 0.304 e. The van der Waals surface area contributed by atoms with E-state index in [0.717, 1.165) is 36.4 Å². The standard InChI is InChI=1S/C14H18ClNO2/c15-13-6-2-1-4-11(13)10-12-5-3-8-16(12)9-7-14(17)18/h1-2,4,6,12H,3,5,7-10H2,(H,17,18)/t12-/m1/s1. The average molecular weight is 268 g/mol. The van der Waals surface area contributed by atoms with E-state index in [1.165, 1.54) is 0 Å². The van der Waals surface area contributed by atoms with E-state index < -0.39 is 5.97 Å². The van der Waals surface area contributed by atoms with Gasteiger partial charge in [-0.05, 0) is 37.4 Å². The first-order valence-corrected chi connectivity index (χ1v) is 6.74. The molecule has 0 spiro atoms. The van der Waals surface area contributed by atoms with Crippen molar-refractivity contribution < 1.29 is 9.90 Å². The molecule has 0 bridgehead atoms. The highest BCUT2D eigenvalue weighted by Crippen LogP contribution is 2.24. The zero-order valence-corrected chi connectivity index (χ0v) is 11.1. The molecule has 2 rings (SSSR count). The predicted molar refractivity (Wildman–Crippen MR) is 72.0 cm³/mol. The molecule has 1 saturated heterocycles. The zero-order valence-electron chi connectivity index (χ0n) is 10.3. The van der Waals surface area contributed by atoms with E-state index in [-0.39, 0.29) is 6.42 Å². The van der Waals surface area contributed by atoms with Crippen LogP contribution < -0.4 is 0 Å². The van der Waals surface area contributed by atoms with E-state index in [2.05, 4.69) is 11.0 Å². The van der Waals surface area contributed by atoms with Gasteiger partial charge in [0.2, 0.25) is 0 Å². The number of aliphatic carboxylic acids is 1. The molecule has 18 heavy (non-hydrogen) atoms. The topological polar surface area (TPSA) is 40.5 Å². The molecule has 1 heterocycles. The molecule has 1 fully saturated rings. The number of halogens is 1. The summed E-state index contributed by atoms with van der Waals surface area (Å²) in [7, 11) is 0. The molecular weight excluding hydrogens is 250 g/mol. The van der Waals surface area contributed by atoms with Crippen LogP contribution in [0.5, 0.6) is 0 Å². The first-order valence-electron chi connectivity index (χ1n) is 6.36. The number of nitrogens with zero attached hydrogens (tertiary/aromatic N) is 1. The molecule has 1 aromatic rings. The normalized spacial score (nSPS) is 20.2. The van der Waals surface area contributed by atoms with Crippen molar-refractivity contribution in [2.24, 2.45) is 0 Å². The summed E-state index contributed by atoms with van der Waals surface area (Å²) in [6, 6.07) is 8.33. The van der Waals surface area contributed by atoms with Crippen LogP contribution in [-0.2, 0) is 11.2 Å². The van der Waals surface area contributed by atoms with Crippen LogP contribution in [0, 0.1) is 0 Å². The molecule has 0 amide bonds. The summed E-state index contributed by atoms with van der Waals surface area (Å²) in [5.41, 5.74) is 1.16. The van der Waals surface area contributed by atoms with Crippen LogP contribution in [0.25, 0.3) is 0 Å². The Morgan fingerprint density at radius 3 is 2.94 bits per heavy atom. The van der Waals surface area contributed by atoms with Gasteiger partial charge in [0, 0.05) is 17.6 Å². The van der Waals surface area contributed by atoms with Crippen molar-refractivity contribution in [3.05, 3.63) is 34.9 Å². The Hall–Kier alpha value is -1.06. The molecule has 0 aromatic heterocycles. The van der Waals surface area contributed by atoms with Crippen LogP contribution in [0.1, 0.15) is 24.8 Å². The smallest absolute Gasteiger partial charge is 0.304 e. The zero-order chi connectivity index (χ0) is 13.0. The summed E-state index contributed by atoms with van der Waals surface area (Å²) in [5, 5.41) is 9.55. The minimum absolute atomic E-state index is 0.221. The van der Waals surface area contributed by atoms with Crippen molar-refractivity contribution in [3.8, 4) is 0 Å². The van der Waals surface area contributed by atoms with Gasteiger partial charge in [0.1, 0.15) is 0 Å². The maximum absolute atomic E-state index is 10.6. The molecule has 1 aliphatic heterocycles. The molecule has 0 radical (unpaired) electrons. The van der Waals surface area contributed by atoms with Crippen molar-refractivity contribution in [1.29, 1.82) is 0 Å². The number of carboxylic acid groups (broad SMARTS) is 1. The van der Waals surface area contributed by atoms with Crippen LogP contribution in [0.3, 0.4) is 0 Å². The first-order chi connectivity index (χ1) is 8.66. The third-order valence-electron chi connectivity index (χ3n) is 3.53. The summed E-state index contributed by atoms with van der Waals surface area (Å²) in [4.78, 5) is 12.9. The third kappa shape index (κ3) is 3.47. The average Bonchev–Trinajstić information content (AvgIpc) is 2.77. The number of carbonyl (C=O) groups is 1. The van der Waals surface area contributed by atoms with Crippen LogP contribution in [0.4, 0.5) is 0 Å². The second kappa shape index (κ2) is 6.21. The lowest BCUT2D eigenvalue weighted by atomic mass is 10.0. The van der Waals surface area contributed by atoms with Gasteiger partial charge in [0.15, 0.2) is 0 Å². The van der Waals surface area contributed by atoms with E-state index in [1.54, 1.807) is 0 Å². The second-order valence-corrected chi connectivity index (χ2v) is 5.18. The fourth-order valence-corrected chi connectivity index (χ4v) is 2.79. The number of likely N-dealkylation sites (tertiary alicyclic amines) is 1. The fourth-order valence-electron chi connectivity index (χ4n) is 2.58. The Morgan fingerprint density at radius 2 is 2.22 bits per heavy atom. The molecule has 4 heteroatoms. The highest BCUT2D eigenvalue weighted by atomic mass is 35.5. The third-order valence-corrected chi connectivity index (χ3v) is 3.89. The van der Waals surface area contributed by atoms with Crippen LogP contribution >= 0.6 is 11.6 Å². The minimum atomic E-state index is -0.724. The fraction of sp³-hybridized carbons (Fsp3) is 0.500. The summed E-state index contributed by atoms with van der Waals surface area (Å²) in [6.45, 7) is 1.65. The Bertz CT molecular complexity index is 422. The van der Waals surface area contributed by atoms with Crippen molar-refractivity contribution in [3.63, 3.8) is 0 Å². The van der Waals surface area contributed by atoms with Gasteiger partial charge >= 0.3 is 5.97 Å². The number of benzene rings is 1. The molecule has 1 N–H and O–H groups in total. The highest BCUT2D eigenvalue weighted by Gasteiger charge is 2.25. The van der Waals surface area contributed by atoms with Crippen molar-refractivity contribution in [2.75, 3.05) is 13.1 Å². The van der Waals surface area contributed by atoms with Crippen molar-refractivity contribution in [2.45, 2.75) is 31.7 Å². The van der Waals surface area contributed by atoms with Crippen molar-refractivity contribution >= 4 is 17.6 Å². The van der Waals surface area contributed by atoms with E-state index in [1.807, 2.05) is 18.2 Å². The lowest BCUT2D eigenvalue weighted by Gasteiger charge is -2.24. The van der Waals surface area contributed by atoms with Crippen LogP contribution in [0.2, 0.25) is 5.02 Å². The number of carboxylic acids is 1. The van der Waals surface area contributed by atoms with Gasteiger partial charge < -0.3 is 5.11 Å². The van der Waals surface area contributed by atoms with Gasteiger partial charge in [-0.15, -0.1) is 0 Å². The van der Waals surface area contributed by atoms with Crippen LogP contribution in [-0.4, -0.2) is 35.1 Å². The molecular formula is C14H18ClNO2. The maximum atomic E-state index is 10.6. The van der Waals surface area contributed by atoms with Gasteiger partial charge in [-0.2, -0.15) is 0 Å². The van der Waals surface area contributed by atoms with E-state index in [0.29, 0.717) is 12.6 Å². The Morgan fingerprint density at radius 1 is 1.44 bits per heavy atom. The molecule has 0 saturated carbocycles. The van der Waals surface area contributed by atoms with Gasteiger partial charge in [0.05, 0.1) is 6.42 Å². The summed E-state index contributed by atoms with van der Waals surface area (Å²) in [6.07, 6.45) is 3.41. The largest absolute Gasteiger partial charge is 0.481 e. The van der Waals surface area contributed by atoms with E-state index in [9.17, 15) is 4.79 Å². The number of hydrogen-bond acceptors (Lipinski definition) is 2. The molecule has 1 aliphatic rings. The summed E-state index contributed by atoms with van der Waals surface area (Å²) < 4.78 is 0. The molecule has 0 aliphatic carbocycles. The van der Waals surface area contributed by atoms with Gasteiger partial charge in [0.25, 0.3) is 0 Å². The number of rotatable bonds is 5. The Balaban J connectivity index is 1.95. The predicted octanol–water partition coefficient (Wildman–Crippen LogP) is 2.82. The Labute approximate surface area is 112 Å². The second-order valence-electron chi connectivity index (χ2n) is 4.77. The quantitative estimate of drug-likeness (QED) is 0.892. The van der Waals surface area contributed by atoms with E-state index >= 15 is 0 Å². The molecule has 98 valence electrons. The lowest BCUT2D eigenvalue weighted by molar-refractivity contribution is -0.137. The minimum Gasteiger partial charge on any atom is -0.481 e. The van der Waals surface area contributed by atoms with Gasteiger partial charge in [-0.1, -0.05) is 29.8 Å². The highest BCUT2D eigenvalue weighted by molar-refractivity contribution is 6.31. The summed E-state index contributed by atoms with van der Waals surface area (Å²) >= 11 is 6.17. The van der Waals surface area contributed by atoms with Crippen molar-refractivity contribution in [1.82, 2.24) is 4.90 Å². The Kier molecular flexibility index (Phi) is 4.61. The van der Waals surface area contributed by atoms with Gasteiger partial charge in [-0.3, -0.25) is 9.69 Å². The monoisotopic (exact) mass is 267 g/mol. The van der Waals surface area contributed by atoms with Gasteiger partial charge in [-0.25, -0.2) is 0 Å². The first kappa shape index (κ1) is 13.4. The lowest BCUT2D eigenvalue weighted by Crippen LogP contribution is -2.33. The molecule has 1 atom stereocenters. The van der Waals surface area contributed by atoms with Crippen LogP contribution in [0.15, 0.2) is 24.3 Å². The molecule has 3 nitrogen and oxygen atoms in total. The van der Waals surface area contributed by atoms with E-state index in [4.69, 9.17) is 16.7 Å². The SMILES string of the molecule is O=C(O)CCN1CCC[C@@H]1Cc1ccccc1Cl. The molecule has 1 aromatic carbocycles. The summed E-state index contributed by atoms with van der Waals surface area (Å²) in [5.74, 6) is -0.724. The molecule has 0 unspecified atom stereocenters.